The van der Waals surface area contributed by atoms with Gasteiger partial charge in [-0.3, -0.25) is 4.79 Å². The highest BCUT2D eigenvalue weighted by atomic mass is 35.5. The lowest BCUT2D eigenvalue weighted by atomic mass is 10.2. The molecule has 9 heteroatoms. The predicted octanol–water partition coefficient (Wildman–Crippen LogP) is 3.68. The van der Waals surface area contributed by atoms with E-state index in [1.165, 1.54) is 45.6 Å². The number of carbonyl (C=O) groups is 1. The maximum absolute atomic E-state index is 13.6. The molecular weight excluding hydrogens is 426 g/mol. The number of carbonyl (C=O) groups excluding carboxylic acids is 1. The number of rotatable bonds is 4. The minimum absolute atomic E-state index is 0.0547. The first-order valence-electron chi connectivity index (χ1n) is 8.46. The number of benzene rings is 2. The van der Waals surface area contributed by atoms with E-state index in [0.29, 0.717) is 5.56 Å². The Hall–Kier alpha value is -1.93. The van der Waals surface area contributed by atoms with Crippen LogP contribution in [0, 0.1) is 5.82 Å². The molecule has 28 heavy (non-hydrogen) atoms. The summed E-state index contributed by atoms with van der Waals surface area (Å²) in [5.41, 5.74) is 0.313. The van der Waals surface area contributed by atoms with Gasteiger partial charge in [0, 0.05) is 42.8 Å². The van der Waals surface area contributed by atoms with Crippen molar-refractivity contribution in [3.05, 3.63) is 70.0 Å². The Morgan fingerprint density at radius 3 is 2.39 bits per heavy atom. The number of piperazine rings is 1. The number of sulfonamides is 1. The fraction of sp³-hybridized carbons (Fsp3) is 0.211. The van der Waals surface area contributed by atoms with Gasteiger partial charge in [0.1, 0.15) is 10.7 Å². The van der Waals surface area contributed by atoms with Gasteiger partial charge < -0.3 is 4.90 Å². The fourth-order valence-electron chi connectivity index (χ4n) is 2.84. The second-order valence-electron chi connectivity index (χ2n) is 6.16. The minimum Gasteiger partial charge on any atom is -0.337 e. The third kappa shape index (κ3) is 4.55. The van der Waals surface area contributed by atoms with Crippen molar-refractivity contribution in [2.75, 3.05) is 26.2 Å². The van der Waals surface area contributed by atoms with Crippen molar-refractivity contribution in [3.8, 4) is 0 Å². The van der Waals surface area contributed by atoms with Crippen molar-refractivity contribution in [1.82, 2.24) is 9.21 Å². The third-order valence-corrected chi connectivity index (χ3v) is 6.99. The summed E-state index contributed by atoms with van der Waals surface area (Å²) < 4.78 is 40.5. The Morgan fingerprint density at radius 1 is 1.04 bits per heavy atom. The highest BCUT2D eigenvalue weighted by Gasteiger charge is 2.31. The van der Waals surface area contributed by atoms with Crippen LogP contribution in [0.15, 0.2) is 53.4 Å². The van der Waals surface area contributed by atoms with E-state index in [2.05, 4.69) is 0 Å². The number of hydrogen-bond donors (Lipinski definition) is 0. The summed E-state index contributed by atoms with van der Waals surface area (Å²) >= 11 is 11.9. The minimum atomic E-state index is -3.81. The molecule has 1 amide bonds. The maximum Gasteiger partial charge on any atom is 0.246 e. The van der Waals surface area contributed by atoms with E-state index in [1.54, 1.807) is 18.2 Å². The summed E-state index contributed by atoms with van der Waals surface area (Å²) in [5.74, 6) is -0.720. The lowest BCUT2D eigenvalue weighted by Gasteiger charge is -2.33. The molecule has 0 bridgehead atoms. The van der Waals surface area contributed by atoms with Crippen molar-refractivity contribution in [2.45, 2.75) is 4.90 Å². The van der Waals surface area contributed by atoms with Crippen molar-refractivity contribution in [2.24, 2.45) is 0 Å². The van der Waals surface area contributed by atoms with Gasteiger partial charge in [-0.15, -0.1) is 0 Å². The van der Waals surface area contributed by atoms with Gasteiger partial charge in [-0.1, -0.05) is 41.4 Å². The van der Waals surface area contributed by atoms with Gasteiger partial charge in [0.2, 0.25) is 15.9 Å². The number of halogens is 3. The Morgan fingerprint density at radius 2 is 1.71 bits per heavy atom. The highest BCUT2D eigenvalue weighted by molar-refractivity contribution is 7.89. The summed E-state index contributed by atoms with van der Waals surface area (Å²) in [6.07, 6.45) is 2.70. The van der Waals surface area contributed by atoms with Crippen molar-refractivity contribution >= 4 is 45.2 Å². The van der Waals surface area contributed by atoms with Crippen molar-refractivity contribution in [3.63, 3.8) is 0 Å². The Labute approximate surface area is 173 Å². The van der Waals surface area contributed by atoms with Crippen LogP contribution in [-0.4, -0.2) is 49.7 Å². The summed E-state index contributed by atoms with van der Waals surface area (Å²) in [7, 11) is -3.81. The first-order chi connectivity index (χ1) is 13.3. The molecule has 0 N–H and O–H groups in total. The lowest BCUT2D eigenvalue weighted by molar-refractivity contribution is -0.127. The summed E-state index contributed by atoms with van der Waals surface area (Å²) in [6, 6.07) is 10.4. The fourth-order valence-corrected chi connectivity index (χ4v) is 5.00. The Balaban J connectivity index is 1.66. The molecule has 0 aliphatic carbocycles. The van der Waals surface area contributed by atoms with E-state index in [1.807, 2.05) is 0 Å². The van der Waals surface area contributed by atoms with Crippen LogP contribution in [0.1, 0.15) is 5.56 Å². The van der Waals surface area contributed by atoms with Gasteiger partial charge in [0.25, 0.3) is 0 Å². The normalized spacial score (nSPS) is 15.9. The molecule has 1 aliphatic rings. The molecule has 5 nitrogen and oxygen atoms in total. The van der Waals surface area contributed by atoms with Gasteiger partial charge in [-0.25, -0.2) is 12.8 Å². The van der Waals surface area contributed by atoms with E-state index in [9.17, 15) is 17.6 Å². The van der Waals surface area contributed by atoms with Crippen LogP contribution in [0.3, 0.4) is 0 Å². The number of hydrogen-bond acceptors (Lipinski definition) is 3. The molecule has 2 aromatic rings. The molecule has 0 unspecified atom stereocenters. The van der Waals surface area contributed by atoms with E-state index >= 15 is 0 Å². The third-order valence-electron chi connectivity index (χ3n) is 4.37. The van der Waals surface area contributed by atoms with E-state index in [0.717, 1.165) is 0 Å². The molecule has 0 radical (unpaired) electrons. The molecule has 0 saturated carbocycles. The number of nitrogens with zero attached hydrogens (tertiary/aromatic N) is 2. The Bertz CT molecular complexity index is 1020. The molecule has 1 aliphatic heterocycles. The molecule has 0 spiro atoms. The standard InChI is InChI=1S/C19H17Cl2FN2O3S/c20-15-6-7-16(21)18(13-15)28(26,27)24-11-9-23(10-12-24)19(25)8-5-14-3-1-2-4-17(14)22/h1-8,13H,9-12H2. The largest absolute Gasteiger partial charge is 0.337 e. The van der Waals surface area contributed by atoms with E-state index in [-0.39, 0.29) is 47.0 Å². The van der Waals surface area contributed by atoms with Crippen LogP contribution < -0.4 is 0 Å². The average Bonchev–Trinajstić information content (AvgIpc) is 2.69. The van der Waals surface area contributed by atoms with Gasteiger partial charge in [0.15, 0.2) is 0 Å². The zero-order valence-corrected chi connectivity index (χ0v) is 17.0. The molecule has 3 rings (SSSR count). The summed E-state index contributed by atoms with van der Waals surface area (Å²) in [4.78, 5) is 13.8. The quantitative estimate of drug-likeness (QED) is 0.678. The molecule has 1 fully saturated rings. The number of amides is 1. The molecule has 2 aromatic carbocycles. The van der Waals surface area contributed by atoms with Crippen LogP contribution in [0.4, 0.5) is 4.39 Å². The van der Waals surface area contributed by atoms with Crippen molar-refractivity contribution in [1.29, 1.82) is 0 Å². The first-order valence-corrected chi connectivity index (χ1v) is 10.7. The van der Waals surface area contributed by atoms with Crippen LogP contribution in [-0.2, 0) is 14.8 Å². The zero-order chi connectivity index (χ0) is 20.3. The van der Waals surface area contributed by atoms with Gasteiger partial charge in [-0.05, 0) is 30.3 Å². The van der Waals surface area contributed by atoms with E-state index in [4.69, 9.17) is 23.2 Å². The molecule has 1 heterocycles. The second-order valence-corrected chi connectivity index (χ2v) is 8.91. The predicted molar refractivity (Wildman–Crippen MR) is 107 cm³/mol. The highest BCUT2D eigenvalue weighted by Crippen LogP contribution is 2.28. The summed E-state index contributed by atoms with van der Waals surface area (Å²) in [5, 5.41) is 0.366. The molecular formula is C19H17Cl2FN2O3S. The van der Waals surface area contributed by atoms with Crippen LogP contribution in [0.25, 0.3) is 6.08 Å². The zero-order valence-electron chi connectivity index (χ0n) is 14.7. The van der Waals surface area contributed by atoms with Crippen LogP contribution >= 0.6 is 23.2 Å². The molecule has 1 saturated heterocycles. The van der Waals surface area contributed by atoms with Gasteiger partial charge >= 0.3 is 0 Å². The monoisotopic (exact) mass is 442 g/mol. The van der Waals surface area contributed by atoms with Gasteiger partial charge in [0.05, 0.1) is 5.02 Å². The molecule has 0 atom stereocenters. The van der Waals surface area contributed by atoms with Crippen LogP contribution in [0.5, 0.6) is 0 Å². The average molecular weight is 443 g/mol. The maximum atomic E-state index is 13.6. The van der Waals surface area contributed by atoms with Crippen molar-refractivity contribution < 1.29 is 17.6 Å². The molecule has 0 aromatic heterocycles. The smallest absolute Gasteiger partial charge is 0.246 e. The Kier molecular flexibility index (Phi) is 6.40. The lowest BCUT2D eigenvalue weighted by Crippen LogP contribution is -2.50. The molecule has 148 valence electrons. The van der Waals surface area contributed by atoms with Gasteiger partial charge in [-0.2, -0.15) is 4.31 Å². The van der Waals surface area contributed by atoms with Crippen LogP contribution in [0.2, 0.25) is 10.0 Å². The SMILES string of the molecule is O=C(C=Cc1ccccc1F)N1CCN(S(=O)(=O)c2cc(Cl)ccc2Cl)CC1. The first kappa shape index (κ1) is 20.8. The topological polar surface area (TPSA) is 57.7 Å². The summed E-state index contributed by atoms with van der Waals surface area (Å²) in [6.45, 7) is 0.699. The van der Waals surface area contributed by atoms with E-state index < -0.39 is 15.8 Å². The second kappa shape index (κ2) is 8.61.